The highest BCUT2D eigenvalue weighted by molar-refractivity contribution is 7.16. The van der Waals surface area contributed by atoms with Crippen LogP contribution in [0.15, 0.2) is 54.0 Å². The number of hydrogen-bond acceptors (Lipinski definition) is 7. The van der Waals surface area contributed by atoms with Gasteiger partial charge in [-0.05, 0) is 62.9 Å². The van der Waals surface area contributed by atoms with E-state index in [4.69, 9.17) is 4.74 Å². The Hall–Kier alpha value is -3.52. The molecule has 8 heteroatoms. The van der Waals surface area contributed by atoms with E-state index in [1.54, 1.807) is 11.3 Å². The minimum absolute atomic E-state index is 0. The van der Waals surface area contributed by atoms with E-state index in [2.05, 4.69) is 33.3 Å². The number of benzene rings is 2. The number of likely N-dealkylation sites (tertiary alicyclic amines) is 1. The van der Waals surface area contributed by atoms with Crippen molar-refractivity contribution in [1.29, 1.82) is 0 Å². The molecule has 1 aliphatic rings. The summed E-state index contributed by atoms with van der Waals surface area (Å²) < 4.78 is 6.97. The van der Waals surface area contributed by atoms with Crippen molar-refractivity contribution in [1.82, 2.24) is 19.9 Å². The van der Waals surface area contributed by atoms with Crippen LogP contribution in [-0.4, -0.2) is 45.5 Å². The fraction of sp³-hybridized carbons (Fsp3) is 0.333. The van der Waals surface area contributed by atoms with Crippen molar-refractivity contribution >= 4 is 33.3 Å². The van der Waals surface area contributed by atoms with Gasteiger partial charge in [0.15, 0.2) is 6.61 Å². The highest BCUT2D eigenvalue weighted by atomic mass is 32.1. The normalized spacial score (nSPS) is 14.6. The minimum Gasteiger partial charge on any atom is -0.484 e. The standard InChI is InChI=1S/C27H29N5O2S.H2/c1-18(20-7-6-8-22(13-20)34-16-27(33)32-11-4-3-5-12-32)29-26-15-24(30-19(2)31-26)21-9-10-23-25(14-21)35-17-28-23;/h6-10,13-15,17-18H,3-5,11-12,16H2,1-2H3,(H,29,30,31);1H. The Labute approximate surface area is 210 Å². The van der Waals surface area contributed by atoms with Gasteiger partial charge in [0.25, 0.3) is 5.91 Å². The lowest BCUT2D eigenvalue weighted by molar-refractivity contribution is -0.134. The highest BCUT2D eigenvalue weighted by Crippen LogP contribution is 2.28. The van der Waals surface area contributed by atoms with Crippen LogP contribution in [0, 0.1) is 6.92 Å². The number of carbonyl (C=O) groups is 1. The maximum absolute atomic E-state index is 12.4. The molecule has 0 spiro atoms. The van der Waals surface area contributed by atoms with Crippen molar-refractivity contribution in [2.45, 2.75) is 39.2 Å². The van der Waals surface area contributed by atoms with Crippen LogP contribution in [0.2, 0.25) is 0 Å². The minimum atomic E-state index is -0.0116. The summed E-state index contributed by atoms with van der Waals surface area (Å²) in [7, 11) is 0. The molecule has 4 aromatic rings. The molecule has 35 heavy (non-hydrogen) atoms. The summed E-state index contributed by atoms with van der Waals surface area (Å²) >= 11 is 1.62. The number of aryl methyl sites for hydroxylation is 1. The fourth-order valence-corrected chi connectivity index (χ4v) is 5.08. The molecular formula is C27H31N5O2S. The maximum atomic E-state index is 12.4. The van der Waals surface area contributed by atoms with Gasteiger partial charge in [-0.2, -0.15) is 0 Å². The summed E-state index contributed by atoms with van der Waals surface area (Å²) in [5.74, 6) is 2.21. The molecule has 1 atom stereocenters. The lowest BCUT2D eigenvalue weighted by Crippen LogP contribution is -2.38. The Morgan fingerprint density at radius 3 is 2.86 bits per heavy atom. The van der Waals surface area contributed by atoms with Gasteiger partial charge in [0.05, 0.1) is 27.5 Å². The van der Waals surface area contributed by atoms with Gasteiger partial charge in [0.2, 0.25) is 0 Å². The average Bonchev–Trinajstić information content (AvgIpc) is 3.36. The van der Waals surface area contributed by atoms with E-state index >= 15 is 0 Å². The van der Waals surface area contributed by atoms with Crippen molar-refractivity contribution in [2.75, 3.05) is 25.0 Å². The zero-order chi connectivity index (χ0) is 24.2. The molecule has 182 valence electrons. The van der Waals surface area contributed by atoms with Gasteiger partial charge < -0.3 is 15.0 Å². The van der Waals surface area contributed by atoms with Gasteiger partial charge >= 0.3 is 0 Å². The maximum Gasteiger partial charge on any atom is 0.260 e. The molecule has 0 radical (unpaired) electrons. The number of anilines is 1. The van der Waals surface area contributed by atoms with Gasteiger partial charge in [0.1, 0.15) is 17.4 Å². The van der Waals surface area contributed by atoms with Gasteiger partial charge in [-0.1, -0.05) is 18.2 Å². The van der Waals surface area contributed by atoms with Crippen LogP contribution in [0.3, 0.4) is 0 Å². The molecule has 1 fully saturated rings. The monoisotopic (exact) mass is 489 g/mol. The molecule has 3 heterocycles. The number of hydrogen-bond donors (Lipinski definition) is 1. The predicted octanol–water partition coefficient (Wildman–Crippen LogP) is 5.87. The lowest BCUT2D eigenvalue weighted by Gasteiger charge is -2.26. The number of ether oxygens (including phenoxy) is 1. The largest absolute Gasteiger partial charge is 0.484 e. The van der Waals surface area contributed by atoms with Crippen LogP contribution in [0.1, 0.15) is 45.0 Å². The van der Waals surface area contributed by atoms with Crippen LogP contribution in [0.4, 0.5) is 5.82 Å². The number of nitrogens with zero attached hydrogens (tertiary/aromatic N) is 4. The first-order valence-electron chi connectivity index (χ1n) is 12.0. The molecule has 1 aliphatic heterocycles. The number of thiazole rings is 1. The van der Waals surface area contributed by atoms with Crippen LogP contribution in [-0.2, 0) is 4.79 Å². The molecule has 1 saturated heterocycles. The Kier molecular flexibility index (Phi) is 6.90. The lowest BCUT2D eigenvalue weighted by atomic mass is 10.1. The Bertz CT molecular complexity index is 1340. The van der Waals surface area contributed by atoms with E-state index in [9.17, 15) is 4.79 Å². The third-order valence-electron chi connectivity index (χ3n) is 6.26. The van der Waals surface area contributed by atoms with Crippen LogP contribution in [0.25, 0.3) is 21.5 Å². The molecule has 2 aromatic heterocycles. The molecule has 1 amide bonds. The number of piperidine rings is 1. The number of rotatable bonds is 7. The first kappa shape index (κ1) is 23.2. The molecule has 7 nitrogen and oxygen atoms in total. The van der Waals surface area contributed by atoms with Gasteiger partial charge in [-0.15, -0.1) is 11.3 Å². The summed E-state index contributed by atoms with van der Waals surface area (Å²) in [4.78, 5) is 27.9. The SMILES string of the molecule is Cc1nc(NC(C)c2cccc(OCC(=O)N3CCCCC3)c2)cc(-c2ccc3ncsc3c2)n1.[HH]. The van der Waals surface area contributed by atoms with Crippen molar-refractivity contribution in [2.24, 2.45) is 0 Å². The van der Waals surface area contributed by atoms with Crippen LogP contribution < -0.4 is 10.1 Å². The first-order chi connectivity index (χ1) is 17.0. The second kappa shape index (κ2) is 10.4. The zero-order valence-electron chi connectivity index (χ0n) is 20.0. The second-order valence-electron chi connectivity index (χ2n) is 8.89. The smallest absolute Gasteiger partial charge is 0.260 e. The van der Waals surface area contributed by atoms with Crippen molar-refractivity contribution in [3.05, 3.63) is 65.4 Å². The number of amides is 1. The van der Waals surface area contributed by atoms with E-state index in [1.807, 2.05) is 59.8 Å². The summed E-state index contributed by atoms with van der Waals surface area (Å²) in [6.07, 6.45) is 3.36. The predicted molar refractivity (Wildman–Crippen MR) is 142 cm³/mol. The van der Waals surface area contributed by atoms with Crippen molar-refractivity contribution in [3.63, 3.8) is 0 Å². The molecular weight excluding hydrogens is 458 g/mol. The topological polar surface area (TPSA) is 80.2 Å². The number of aromatic nitrogens is 3. The van der Waals surface area contributed by atoms with E-state index in [1.165, 1.54) is 6.42 Å². The van der Waals surface area contributed by atoms with E-state index < -0.39 is 0 Å². The summed E-state index contributed by atoms with van der Waals surface area (Å²) in [5.41, 5.74) is 5.82. The molecule has 0 aliphatic carbocycles. The van der Waals surface area contributed by atoms with Gasteiger partial charge in [-0.25, -0.2) is 15.0 Å². The molecule has 0 bridgehead atoms. The molecule has 1 unspecified atom stereocenters. The summed E-state index contributed by atoms with van der Waals surface area (Å²) in [6.45, 7) is 5.73. The van der Waals surface area contributed by atoms with E-state index in [0.29, 0.717) is 11.6 Å². The van der Waals surface area contributed by atoms with E-state index in [0.717, 1.165) is 58.8 Å². The first-order valence-corrected chi connectivity index (χ1v) is 12.9. The van der Waals surface area contributed by atoms with Gasteiger partial charge in [0, 0.05) is 26.1 Å². The fourth-order valence-electron chi connectivity index (χ4n) is 4.36. The van der Waals surface area contributed by atoms with Gasteiger partial charge in [-0.3, -0.25) is 4.79 Å². The van der Waals surface area contributed by atoms with Crippen LogP contribution in [0.5, 0.6) is 5.75 Å². The average molecular weight is 490 g/mol. The molecule has 1 N–H and O–H groups in total. The quantitative estimate of drug-likeness (QED) is 0.350. The van der Waals surface area contributed by atoms with E-state index in [-0.39, 0.29) is 20.0 Å². The Morgan fingerprint density at radius 1 is 1.14 bits per heavy atom. The molecule has 2 aromatic carbocycles. The van der Waals surface area contributed by atoms with Crippen molar-refractivity contribution in [3.8, 4) is 17.0 Å². The number of nitrogens with one attached hydrogen (secondary N) is 1. The third-order valence-corrected chi connectivity index (χ3v) is 7.05. The molecule has 0 saturated carbocycles. The molecule has 5 rings (SSSR count). The Balaban J connectivity index is 0.00000304. The number of carbonyl (C=O) groups excluding carboxylic acids is 1. The highest BCUT2D eigenvalue weighted by Gasteiger charge is 2.17. The zero-order valence-corrected chi connectivity index (χ0v) is 20.8. The third kappa shape index (κ3) is 5.59. The summed E-state index contributed by atoms with van der Waals surface area (Å²) in [5, 5.41) is 3.49. The Morgan fingerprint density at radius 2 is 2.00 bits per heavy atom. The number of fused-ring (bicyclic) bond motifs is 1. The summed E-state index contributed by atoms with van der Waals surface area (Å²) in [6, 6.07) is 16.0. The van der Waals surface area contributed by atoms with Crippen molar-refractivity contribution < 1.29 is 11.0 Å². The second-order valence-corrected chi connectivity index (χ2v) is 9.78. The van der Waals surface area contributed by atoms with Crippen LogP contribution >= 0.6 is 11.3 Å².